The van der Waals surface area contributed by atoms with Crippen molar-refractivity contribution >= 4 is 23.8 Å². The number of nitrogens with zero attached hydrogens (tertiary/aromatic N) is 4. The Morgan fingerprint density at radius 2 is 2.00 bits per heavy atom. The van der Waals surface area contributed by atoms with Gasteiger partial charge >= 0.3 is 0 Å². The average molecular weight is 456 g/mol. The second-order valence-corrected chi connectivity index (χ2v) is 9.28. The fourth-order valence-corrected chi connectivity index (χ4v) is 5.24. The normalized spacial score (nSPS) is 28.5. The SMILES string of the molecule is CCCc1ccnc(NC(=O)c2ccc(C3=NC(C4[C@H]5COC[C@@H]45)=C4C=NC=C[N+]34N)cc2)c1. The zero-order chi connectivity index (χ0) is 23.3. The van der Waals surface area contributed by atoms with Gasteiger partial charge in [-0.2, -0.15) is 10.8 Å². The number of benzene rings is 1. The van der Waals surface area contributed by atoms with E-state index in [1.54, 1.807) is 24.5 Å². The molecule has 1 aromatic carbocycles. The number of carbonyl (C=O) groups excluding carboxylic acids is 1. The lowest BCUT2D eigenvalue weighted by atomic mass is 10.1. The maximum Gasteiger partial charge on any atom is 0.264 e. The van der Waals surface area contributed by atoms with Crippen LogP contribution in [0.3, 0.4) is 0 Å². The summed E-state index contributed by atoms with van der Waals surface area (Å²) in [6, 6.07) is 11.3. The first kappa shape index (κ1) is 21.1. The van der Waals surface area contributed by atoms with Gasteiger partial charge in [0.05, 0.1) is 31.2 Å². The number of pyridine rings is 1. The molecule has 1 aromatic heterocycles. The van der Waals surface area contributed by atoms with E-state index in [0.717, 1.165) is 54.4 Å². The van der Waals surface area contributed by atoms with Crippen molar-refractivity contribution < 1.29 is 14.1 Å². The van der Waals surface area contributed by atoms with Gasteiger partial charge in [0.1, 0.15) is 17.7 Å². The van der Waals surface area contributed by atoms with Crippen LogP contribution in [0.25, 0.3) is 0 Å². The second kappa shape index (κ2) is 8.09. The molecule has 172 valence electrons. The van der Waals surface area contributed by atoms with Crippen molar-refractivity contribution in [3.05, 3.63) is 83.1 Å². The predicted octanol–water partition coefficient (Wildman–Crippen LogP) is 3.40. The number of nitrogens with one attached hydrogen (secondary N) is 1. The van der Waals surface area contributed by atoms with E-state index >= 15 is 0 Å². The molecular formula is C26H27N6O2+. The van der Waals surface area contributed by atoms with Crippen molar-refractivity contribution in [2.24, 2.45) is 33.6 Å². The van der Waals surface area contributed by atoms with E-state index < -0.39 is 0 Å². The molecule has 0 spiro atoms. The molecule has 34 heavy (non-hydrogen) atoms. The van der Waals surface area contributed by atoms with Gasteiger partial charge < -0.3 is 10.1 Å². The number of amidine groups is 1. The number of nitrogens with two attached hydrogens (primary N) is 1. The third-order valence-corrected chi connectivity index (χ3v) is 7.10. The Labute approximate surface area is 198 Å². The molecule has 4 heterocycles. The Morgan fingerprint density at radius 1 is 1.21 bits per heavy atom. The zero-order valence-electron chi connectivity index (χ0n) is 19.0. The Morgan fingerprint density at radius 3 is 2.76 bits per heavy atom. The van der Waals surface area contributed by atoms with Crippen LogP contribution in [0.1, 0.15) is 34.8 Å². The number of quaternary nitrogens is 1. The van der Waals surface area contributed by atoms with E-state index in [-0.39, 0.29) is 10.5 Å². The minimum absolute atomic E-state index is 0.00465. The number of rotatable bonds is 6. The highest BCUT2D eigenvalue weighted by Crippen LogP contribution is 2.57. The molecule has 4 atom stereocenters. The number of carbonyl (C=O) groups is 1. The molecule has 2 fully saturated rings. The summed E-state index contributed by atoms with van der Waals surface area (Å²) in [4.78, 5) is 26.4. The molecule has 1 saturated heterocycles. The standard InChI is InChI=1S/C26H26N6O2/c1-2-3-16-8-9-29-22(12-16)30-26(33)18-6-4-17(5-7-18)25-31-24(23-19-14-34-15-20(19)23)21-13-28-10-11-32(21,25)27/h4-13,19-20,23H,2-3,14-15,27H2,1H3/p+1/t19-,20+,23?,32?. The van der Waals surface area contributed by atoms with Crippen molar-refractivity contribution in [1.29, 1.82) is 0 Å². The van der Waals surface area contributed by atoms with Gasteiger partial charge in [-0.15, -0.1) is 4.59 Å². The van der Waals surface area contributed by atoms with E-state index in [1.807, 2.05) is 36.7 Å². The fraction of sp³-hybridized carbons (Fsp3) is 0.308. The van der Waals surface area contributed by atoms with Crippen molar-refractivity contribution in [2.45, 2.75) is 19.8 Å². The van der Waals surface area contributed by atoms with Crippen LogP contribution in [0.5, 0.6) is 0 Å². The number of hydrogen-bond donors (Lipinski definition) is 2. The number of hydrogen-bond acceptors (Lipinski definition) is 6. The highest BCUT2D eigenvalue weighted by Gasteiger charge is 2.60. The molecule has 6 rings (SSSR count). The smallest absolute Gasteiger partial charge is 0.264 e. The topological polar surface area (TPSA) is 102 Å². The predicted molar refractivity (Wildman–Crippen MR) is 130 cm³/mol. The van der Waals surface area contributed by atoms with Gasteiger partial charge in [-0.25, -0.2) is 4.98 Å². The lowest BCUT2D eigenvalue weighted by molar-refractivity contribution is -0.750. The summed E-state index contributed by atoms with van der Waals surface area (Å²) in [6.45, 7) is 3.70. The van der Waals surface area contributed by atoms with Crippen LogP contribution in [-0.4, -0.2) is 40.7 Å². The summed E-state index contributed by atoms with van der Waals surface area (Å²) in [5.74, 6) is 9.35. The highest BCUT2D eigenvalue weighted by atomic mass is 16.5. The number of fused-ring (bicyclic) bond motifs is 2. The Kier molecular flexibility index (Phi) is 5.02. The van der Waals surface area contributed by atoms with Gasteiger partial charge in [-0.3, -0.25) is 9.79 Å². The maximum absolute atomic E-state index is 12.8. The fourth-order valence-electron chi connectivity index (χ4n) is 5.24. The van der Waals surface area contributed by atoms with Crippen LogP contribution < -0.4 is 11.2 Å². The van der Waals surface area contributed by atoms with Gasteiger partial charge in [0.2, 0.25) is 5.70 Å². The number of anilines is 1. The summed E-state index contributed by atoms with van der Waals surface area (Å²) in [6.07, 6.45) is 9.10. The molecule has 1 saturated carbocycles. The van der Waals surface area contributed by atoms with Crippen molar-refractivity contribution in [3.8, 4) is 0 Å². The summed E-state index contributed by atoms with van der Waals surface area (Å²) in [5, 5.41) is 2.89. The second-order valence-electron chi connectivity index (χ2n) is 9.28. The Bertz CT molecular complexity index is 1270. The minimum atomic E-state index is -0.201. The molecule has 1 amide bonds. The van der Waals surface area contributed by atoms with Gasteiger partial charge in [0, 0.05) is 17.7 Å². The van der Waals surface area contributed by atoms with Crippen molar-refractivity contribution in [2.75, 3.05) is 18.5 Å². The molecule has 0 radical (unpaired) electrons. The van der Waals surface area contributed by atoms with E-state index in [2.05, 4.69) is 22.2 Å². The summed E-state index contributed by atoms with van der Waals surface area (Å²) >= 11 is 0. The number of aryl methyl sites for hydroxylation is 1. The zero-order valence-corrected chi connectivity index (χ0v) is 19.0. The molecule has 3 aliphatic heterocycles. The largest absolute Gasteiger partial charge is 0.381 e. The molecule has 8 heteroatoms. The lowest BCUT2D eigenvalue weighted by Crippen LogP contribution is -2.53. The van der Waals surface area contributed by atoms with Gasteiger partial charge in [-0.05, 0) is 60.2 Å². The average Bonchev–Trinajstić information content (AvgIpc) is 3.16. The third kappa shape index (κ3) is 3.42. The first-order chi connectivity index (χ1) is 16.6. The van der Waals surface area contributed by atoms with Gasteiger partial charge in [0.25, 0.3) is 11.7 Å². The number of aromatic nitrogens is 1. The van der Waals surface area contributed by atoms with Crippen LogP contribution in [0.4, 0.5) is 5.82 Å². The number of allylic oxidation sites excluding steroid dienone is 2. The Balaban J connectivity index is 1.24. The number of ether oxygens (including phenoxy) is 1. The lowest BCUT2D eigenvalue weighted by Gasteiger charge is -2.26. The van der Waals surface area contributed by atoms with Crippen LogP contribution in [0, 0.1) is 17.8 Å². The summed E-state index contributed by atoms with van der Waals surface area (Å²) < 4.78 is 5.56. The van der Waals surface area contributed by atoms with Crippen LogP contribution in [0.2, 0.25) is 0 Å². The first-order valence-corrected chi connectivity index (χ1v) is 11.7. The third-order valence-electron chi connectivity index (χ3n) is 7.10. The number of aliphatic imine (C=N–C) groups is 2. The van der Waals surface area contributed by atoms with Gasteiger partial charge in [-0.1, -0.05) is 13.3 Å². The molecule has 2 unspecified atom stereocenters. The number of amides is 1. The molecule has 4 aliphatic rings. The van der Waals surface area contributed by atoms with Crippen molar-refractivity contribution in [1.82, 2.24) is 4.98 Å². The van der Waals surface area contributed by atoms with Crippen molar-refractivity contribution in [3.63, 3.8) is 0 Å². The van der Waals surface area contributed by atoms with E-state index in [0.29, 0.717) is 29.1 Å². The van der Waals surface area contributed by atoms with E-state index in [1.165, 1.54) is 0 Å². The maximum atomic E-state index is 12.8. The monoisotopic (exact) mass is 455 g/mol. The summed E-state index contributed by atoms with van der Waals surface area (Å²) in [7, 11) is 0. The molecule has 3 N–H and O–H groups in total. The molecule has 0 bridgehead atoms. The van der Waals surface area contributed by atoms with Crippen LogP contribution >= 0.6 is 0 Å². The Hall–Kier alpha value is -3.46. The van der Waals surface area contributed by atoms with E-state index in [4.69, 9.17) is 15.6 Å². The first-order valence-electron chi connectivity index (χ1n) is 11.7. The molecular weight excluding hydrogens is 428 g/mol. The van der Waals surface area contributed by atoms with Gasteiger partial charge in [0.15, 0.2) is 0 Å². The summed E-state index contributed by atoms with van der Waals surface area (Å²) in [5.41, 5.74) is 4.51. The molecule has 8 nitrogen and oxygen atoms in total. The highest BCUT2D eigenvalue weighted by molar-refractivity contribution is 6.05. The van der Waals surface area contributed by atoms with Crippen LogP contribution in [0.15, 0.2) is 76.4 Å². The van der Waals surface area contributed by atoms with E-state index in [9.17, 15) is 4.79 Å². The molecule has 1 aliphatic carbocycles. The quantitative estimate of drug-likeness (QED) is 0.515. The minimum Gasteiger partial charge on any atom is -0.381 e. The molecule has 2 aromatic rings. The van der Waals surface area contributed by atoms with Crippen LogP contribution in [-0.2, 0) is 11.2 Å².